The van der Waals surface area contributed by atoms with Crippen LogP contribution in [-0.4, -0.2) is 43.6 Å². The molecule has 2 rings (SSSR count). The van der Waals surface area contributed by atoms with Gasteiger partial charge in [-0.2, -0.15) is 0 Å². The Kier molecular flexibility index (Phi) is 4.54. The molecule has 1 aromatic rings. The fourth-order valence-electron chi connectivity index (χ4n) is 1.74. The fourth-order valence-corrected chi connectivity index (χ4v) is 2.07. The molecule has 0 aliphatic carbocycles. The summed E-state index contributed by atoms with van der Waals surface area (Å²) in [4.78, 5) is 13.5. The number of halogens is 2. The molecule has 0 aromatic heterocycles. The second-order valence-electron chi connectivity index (χ2n) is 3.99. The number of rotatable bonds is 3. The van der Waals surface area contributed by atoms with Crippen molar-refractivity contribution < 1.29 is 13.9 Å². The van der Waals surface area contributed by atoms with Gasteiger partial charge in [-0.05, 0) is 18.2 Å². The first-order valence-corrected chi connectivity index (χ1v) is 6.52. The van der Waals surface area contributed by atoms with E-state index in [1.165, 1.54) is 12.1 Å². The maximum atomic E-state index is 13.5. The lowest BCUT2D eigenvalue weighted by molar-refractivity contribution is -0.133. The van der Waals surface area contributed by atoms with Gasteiger partial charge in [0.2, 0.25) is 0 Å². The van der Waals surface area contributed by atoms with Crippen molar-refractivity contribution in [2.75, 3.05) is 32.8 Å². The van der Waals surface area contributed by atoms with Crippen LogP contribution in [0.4, 0.5) is 4.39 Å². The lowest BCUT2D eigenvalue weighted by Gasteiger charge is -2.27. The molecule has 1 aliphatic heterocycles. The Balaban J connectivity index is 1.88. The highest BCUT2D eigenvalue weighted by Crippen LogP contribution is 2.21. The molecule has 6 heteroatoms. The molecule has 0 unspecified atom stereocenters. The van der Waals surface area contributed by atoms with Crippen LogP contribution in [0.3, 0.4) is 0 Å². The minimum atomic E-state index is -0.475. The molecule has 1 saturated heterocycles. The maximum Gasteiger partial charge on any atom is 0.260 e. The summed E-state index contributed by atoms with van der Waals surface area (Å²) < 4.78 is 19.3. The highest BCUT2D eigenvalue weighted by molar-refractivity contribution is 9.10. The van der Waals surface area contributed by atoms with Gasteiger partial charge >= 0.3 is 0 Å². The first-order chi connectivity index (χ1) is 8.66. The summed E-state index contributed by atoms with van der Waals surface area (Å²) in [6, 6.07) is 4.49. The Morgan fingerprint density at radius 2 is 2.17 bits per heavy atom. The summed E-state index contributed by atoms with van der Waals surface area (Å²) in [6.45, 7) is 2.80. The number of hydrogen-bond acceptors (Lipinski definition) is 3. The van der Waals surface area contributed by atoms with Crippen LogP contribution in [0.5, 0.6) is 5.75 Å². The lowest BCUT2D eigenvalue weighted by atomic mass is 10.3. The molecule has 1 aromatic carbocycles. The minimum absolute atomic E-state index is 0.0988. The van der Waals surface area contributed by atoms with Gasteiger partial charge in [-0.25, -0.2) is 4.39 Å². The third kappa shape index (κ3) is 3.43. The van der Waals surface area contributed by atoms with Gasteiger partial charge in [0.1, 0.15) is 0 Å². The predicted octanol–water partition coefficient (Wildman–Crippen LogP) is 1.40. The van der Waals surface area contributed by atoms with Crippen molar-refractivity contribution in [3.8, 4) is 5.75 Å². The number of benzene rings is 1. The van der Waals surface area contributed by atoms with Crippen LogP contribution >= 0.6 is 15.9 Å². The number of amides is 1. The molecule has 18 heavy (non-hydrogen) atoms. The summed E-state index contributed by atoms with van der Waals surface area (Å²) in [5.41, 5.74) is 0. The molecule has 0 radical (unpaired) electrons. The first-order valence-electron chi connectivity index (χ1n) is 5.73. The van der Waals surface area contributed by atoms with Crippen LogP contribution in [-0.2, 0) is 4.79 Å². The van der Waals surface area contributed by atoms with E-state index in [0.717, 1.165) is 13.1 Å². The third-order valence-electron chi connectivity index (χ3n) is 2.71. The normalized spacial score (nSPS) is 15.6. The van der Waals surface area contributed by atoms with Gasteiger partial charge < -0.3 is 15.0 Å². The summed E-state index contributed by atoms with van der Waals surface area (Å²) in [6.07, 6.45) is 0. The lowest BCUT2D eigenvalue weighted by Crippen LogP contribution is -2.47. The van der Waals surface area contributed by atoms with Gasteiger partial charge in [0.05, 0.1) is 0 Å². The topological polar surface area (TPSA) is 41.6 Å². The Labute approximate surface area is 113 Å². The fraction of sp³-hybridized carbons (Fsp3) is 0.417. The monoisotopic (exact) mass is 316 g/mol. The summed E-state index contributed by atoms with van der Waals surface area (Å²) in [5, 5.41) is 3.16. The molecule has 98 valence electrons. The summed E-state index contributed by atoms with van der Waals surface area (Å²) in [5.74, 6) is -0.488. The Hall–Kier alpha value is -1.14. The highest BCUT2D eigenvalue weighted by Gasteiger charge is 2.17. The zero-order valence-electron chi connectivity index (χ0n) is 9.79. The molecule has 0 spiro atoms. The van der Waals surface area contributed by atoms with Crippen LogP contribution in [0.25, 0.3) is 0 Å². The molecule has 1 aliphatic rings. The number of ether oxygens (including phenoxy) is 1. The van der Waals surface area contributed by atoms with Crippen LogP contribution < -0.4 is 10.1 Å². The average molecular weight is 317 g/mol. The van der Waals surface area contributed by atoms with Crippen molar-refractivity contribution in [1.29, 1.82) is 0 Å². The van der Waals surface area contributed by atoms with Gasteiger partial charge in [-0.3, -0.25) is 4.79 Å². The molecular formula is C12H14BrFN2O2. The molecule has 0 atom stereocenters. The van der Waals surface area contributed by atoms with Gasteiger partial charge in [0.15, 0.2) is 18.2 Å². The van der Waals surface area contributed by atoms with E-state index in [0.29, 0.717) is 17.6 Å². The van der Waals surface area contributed by atoms with Crippen molar-refractivity contribution in [3.05, 3.63) is 28.5 Å². The van der Waals surface area contributed by atoms with Crippen LogP contribution in [0.2, 0.25) is 0 Å². The van der Waals surface area contributed by atoms with E-state index in [1.807, 2.05) is 0 Å². The Bertz CT molecular complexity index is 436. The van der Waals surface area contributed by atoms with Crippen LogP contribution in [0.1, 0.15) is 0 Å². The Morgan fingerprint density at radius 3 is 2.83 bits per heavy atom. The van der Waals surface area contributed by atoms with E-state index >= 15 is 0 Å². The number of hydrogen-bond donors (Lipinski definition) is 1. The van der Waals surface area contributed by atoms with E-state index < -0.39 is 5.82 Å². The van der Waals surface area contributed by atoms with E-state index in [-0.39, 0.29) is 18.3 Å². The number of nitrogens with zero attached hydrogens (tertiary/aromatic N) is 1. The summed E-state index contributed by atoms with van der Waals surface area (Å²) in [7, 11) is 0. The average Bonchev–Trinajstić information content (AvgIpc) is 2.38. The molecular weight excluding hydrogens is 303 g/mol. The SMILES string of the molecule is O=C(COc1ccc(Br)cc1F)N1CCNCC1. The van der Waals surface area contributed by atoms with Gasteiger partial charge in [-0.1, -0.05) is 15.9 Å². The number of carbonyl (C=O) groups excluding carboxylic acids is 1. The Morgan fingerprint density at radius 1 is 1.44 bits per heavy atom. The number of carbonyl (C=O) groups is 1. The molecule has 0 bridgehead atoms. The van der Waals surface area contributed by atoms with E-state index in [9.17, 15) is 9.18 Å². The predicted molar refractivity (Wildman–Crippen MR) is 69.0 cm³/mol. The van der Waals surface area contributed by atoms with Gasteiger partial charge in [0.25, 0.3) is 5.91 Å². The minimum Gasteiger partial charge on any atom is -0.481 e. The number of piperazine rings is 1. The van der Waals surface area contributed by atoms with E-state index in [1.54, 1.807) is 11.0 Å². The quantitative estimate of drug-likeness (QED) is 0.916. The highest BCUT2D eigenvalue weighted by atomic mass is 79.9. The molecule has 1 fully saturated rings. The largest absolute Gasteiger partial charge is 0.481 e. The van der Waals surface area contributed by atoms with E-state index in [4.69, 9.17) is 4.74 Å². The second kappa shape index (κ2) is 6.15. The molecule has 1 N–H and O–H groups in total. The molecule has 1 amide bonds. The van der Waals surface area contributed by atoms with Gasteiger partial charge in [-0.15, -0.1) is 0 Å². The van der Waals surface area contributed by atoms with Gasteiger partial charge in [0, 0.05) is 30.7 Å². The van der Waals surface area contributed by atoms with Crippen molar-refractivity contribution in [2.45, 2.75) is 0 Å². The smallest absolute Gasteiger partial charge is 0.260 e. The third-order valence-corrected chi connectivity index (χ3v) is 3.21. The molecule has 4 nitrogen and oxygen atoms in total. The molecule has 0 saturated carbocycles. The zero-order valence-corrected chi connectivity index (χ0v) is 11.4. The number of nitrogens with one attached hydrogen (secondary N) is 1. The van der Waals surface area contributed by atoms with E-state index in [2.05, 4.69) is 21.2 Å². The maximum absolute atomic E-state index is 13.5. The van der Waals surface area contributed by atoms with Crippen molar-refractivity contribution >= 4 is 21.8 Å². The van der Waals surface area contributed by atoms with Crippen molar-refractivity contribution in [2.24, 2.45) is 0 Å². The van der Waals surface area contributed by atoms with Crippen LogP contribution in [0, 0.1) is 5.82 Å². The second-order valence-corrected chi connectivity index (χ2v) is 4.91. The summed E-state index contributed by atoms with van der Waals surface area (Å²) >= 11 is 3.16. The van der Waals surface area contributed by atoms with Crippen molar-refractivity contribution in [3.63, 3.8) is 0 Å². The first kappa shape index (κ1) is 13.3. The molecule has 1 heterocycles. The van der Waals surface area contributed by atoms with Crippen molar-refractivity contribution in [1.82, 2.24) is 10.2 Å². The standard InChI is InChI=1S/C12H14BrFN2O2/c13-9-1-2-11(10(14)7-9)18-8-12(17)16-5-3-15-4-6-16/h1-2,7,15H,3-6,8H2. The van der Waals surface area contributed by atoms with Crippen LogP contribution in [0.15, 0.2) is 22.7 Å². The zero-order chi connectivity index (χ0) is 13.0.